The van der Waals surface area contributed by atoms with Crippen LogP contribution in [-0.4, -0.2) is 25.8 Å². The predicted octanol–water partition coefficient (Wildman–Crippen LogP) is 1.66. The van der Waals surface area contributed by atoms with E-state index < -0.39 is 0 Å². The fourth-order valence-corrected chi connectivity index (χ4v) is 0.734. The highest BCUT2D eigenvalue weighted by Crippen LogP contribution is 2.04. The van der Waals surface area contributed by atoms with Gasteiger partial charge in [0.2, 0.25) is 0 Å². The molecule has 2 heteroatoms. The van der Waals surface area contributed by atoms with E-state index >= 15 is 0 Å². The topological polar surface area (TPSA) is 21.3 Å². The minimum Gasteiger partial charge on any atom is -0.377 e. The van der Waals surface area contributed by atoms with Crippen LogP contribution in [0.4, 0.5) is 0 Å². The Kier molecular flexibility index (Phi) is 4.69. The molecule has 11 heavy (non-hydrogen) atoms. The van der Waals surface area contributed by atoms with Gasteiger partial charge in [-0.1, -0.05) is 13.8 Å². The number of rotatable bonds is 5. The first kappa shape index (κ1) is 10.9. The van der Waals surface area contributed by atoms with Crippen LogP contribution in [-0.2, 0) is 4.74 Å². The van der Waals surface area contributed by atoms with Crippen LogP contribution in [0.3, 0.4) is 0 Å². The largest absolute Gasteiger partial charge is 0.377 e. The molecule has 68 valence electrons. The summed E-state index contributed by atoms with van der Waals surface area (Å²) in [5.74, 6) is 0.711. The van der Waals surface area contributed by atoms with Crippen molar-refractivity contribution in [2.45, 2.75) is 33.3 Å². The van der Waals surface area contributed by atoms with Crippen molar-refractivity contribution in [1.82, 2.24) is 5.32 Å². The molecule has 0 atom stereocenters. The van der Waals surface area contributed by atoms with Gasteiger partial charge in [-0.2, -0.15) is 0 Å². The van der Waals surface area contributed by atoms with Crippen molar-refractivity contribution >= 4 is 0 Å². The van der Waals surface area contributed by atoms with Gasteiger partial charge in [0.1, 0.15) is 0 Å². The Bertz CT molecular complexity index is 99.7. The summed E-state index contributed by atoms with van der Waals surface area (Å²) in [6.07, 6.45) is 0. The number of hydrogen-bond acceptors (Lipinski definition) is 2. The maximum absolute atomic E-state index is 5.26. The van der Waals surface area contributed by atoms with Gasteiger partial charge < -0.3 is 10.1 Å². The van der Waals surface area contributed by atoms with Crippen molar-refractivity contribution in [3.8, 4) is 0 Å². The third-order valence-electron chi connectivity index (χ3n) is 1.66. The van der Waals surface area contributed by atoms with E-state index in [0.29, 0.717) is 5.92 Å². The summed E-state index contributed by atoms with van der Waals surface area (Å²) >= 11 is 0. The van der Waals surface area contributed by atoms with Crippen LogP contribution in [0, 0.1) is 5.92 Å². The molecule has 0 spiro atoms. The van der Waals surface area contributed by atoms with E-state index in [9.17, 15) is 0 Å². The molecule has 0 aliphatic heterocycles. The SMILES string of the molecule is COC(C)(C)CNCC(C)C. The third-order valence-corrected chi connectivity index (χ3v) is 1.66. The molecule has 0 aliphatic carbocycles. The van der Waals surface area contributed by atoms with Crippen LogP contribution in [0.15, 0.2) is 0 Å². The fraction of sp³-hybridized carbons (Fsp3) is 1.00. The lowest BCUT2D eigenvalue weighted by Crippen LogP contribution is -2.38. The molecule has 0 amide bonds. The van der Waals surface area contributed by atoms with E-state index in [4.69, 9.17) is 4.74 Å². The number of methoxy groups -OCH3 is 1. The molecule has 0 fully saturated rings. The Morgan fingerprint density at radius 3 is 2.27 bits per heavy atom. The highest BCUT2D eigenvalue weighted by molar-refractivity contribution is 4.70. The second-order valence-electron chi connectivity index (χ2n) is 3.99. The summed E-state index contributed by atoms with van der Waals surface area (Å²) in [6, 6.07) is 0. The lowest BCUT2D eigenvalue weighted by Gasteiger charge is -2.23. The Morgan fingerprint density at radius 1 is 1.36 bits per heavy atom. The fourth-order valence-electron chi connectivity index (χ4n) is 0.734. The molecule has 0 bridgehead atoms. The molecule has 0 heterocycles. The highest BCUT2D eigenvalue weighted by Gasteiger charge is 2.14. The van der Waals surface area contributed by atoms with Gasteiger partial charge in [-0.15, -0.1) is 0 Å². The normalized spacial score (nSPS) is 12.5. The summed E-state index contributed by atoms with van der Waals surface area (Å²) in [5.41, 5.74) is -0.0328. The molecule has 0 rings (SSSR count). The van der Waals surface area contributed by atoms with Gasteiger partial charge in [0, 0.05) is 13.7 Å². The zero-order chi connectivity index (χ0) is 8.91. The summed E-state index contributed by atoms with van der Waals surface area (Å²) in [6.45, 7) is 10.6. The van der Waals surface area contributed by atoms with Gasteiger partial charge in [0.05, 0.1) is 5.60 Å². The summed E-state index contributed by atoms with van der Waals surface area (Å²) in [5, 5.41) is 3.35. The monoisotopic (exact) mass is 159 g/mol. The zero-order valence-electron chi connectivity index (χ0n) is 8.40. The average molecular weight is 159 g/mol. The first-order valence-corrected chi connectivity index (χ1v) is 4.24. The van der Waals surface area contributed by atoms with E-state index in [1.165, 1.54) is 0 Å². The smallest absolute Gasteiger partial charge is 0.0746 e. The van der Waals surface area contributed by atoms with Gasteiger partial charge in [-0.25, -0.2) is 0 Å². The van der Waals surface area contributed by atoms with Crippen LogP contribution < -0.4 is 5.32 Å². The van der Waals surface area contributed by atoms with Gasteiger partial charge in [0.25, 0.3) is 0 Å². The molecule has 1 N–H and O–H groups in total. The molecule has 0 aliphatic rings. The van der Waals surface area contributed by atoms with Crippen LogP contribution >= 0.6 is 0 Å². The first-order valence-electron chi connectivity index (χ1n) is 4.24. The standard InChI is InChI=1S/C9H21NO/c1-8(2)6-10-7-9(3,4)11-5/h8,10H,6-7H2,1-5H3. The molecule has 0 saturated heterocycles. The second-order valence-corrected chi connectivity index (χ2v) is 3.99. The third kappa shape index (κ3) is 6.32. The molecule has 0 aromatic carbocycles. The van der Waals surface area contributed by atoms with Crippen LogP contribution in [0.1, 0.15) is 27.7 Å². The lowest BCUT2D eigenvalue weighted by molar-refractivity contribution is 0.0229. The van der Waals surface area contributed by atoms with Crippen molar-refractivity contribution in [1.29, 1.82) is 0 Å². The van der Waals surface area contributed by atoms with Crippen molar-refractivity contribution in [2.75, 3.05) is 20.2 Å². The van der Waals surface area contributed by atoms with E-state index in [1.807, 2.05) is 0 Å². The van der Waals surface area contributed by atoms with Crippen molar-refractivity contribution in [3.63, 3.8) is 0 Å². The maximum atomic E-state index is 5.26. The minimum absolute atomic E-state index is 0.0328. The summed E-state index contributed by atoms with van der Waals surface area (Å²) in [7, 11) is 1.75. The van der Waals surface area contributed by atoms with Crippen molar-refractivity contribution in [2.24, 2.45) is 5.92 Å². The molecule has 0 aromatic heterocycles. The van der Waals surface area contributed by atoms with E-state index in [-0.39, 0.29) is 5.60 Å². The highest BCUT2D eigenvalue weighted by atomic mass is 16.5. The van der Waals surface area contributed by atoms with Crippen molar-refractivity contribution in [3.05, 3.63) is 0 Å². The molecule has 0 unspecified atom stereocenters. The first-order chi connectivity index (χ1) is 4.98. The number of ether oxygens (including phenoxy) is 1. The van der Waals surface area contributed by atoms with Gasteiger partial charge in [-0.05, 0) is 26.3 Å². The molecular weight excluding hydrogens is 138 g/mol. The average Bonchev–Trinajstić information content (AvgIpc) is 1.87. The molecule has 0 radical (unpaired) electrons. The molecule has 0 aromatic rings. The van der Waals surface area contributed by atoms with Crippen LogP contribution in [0.5, 0.6) is 0 Å². The Hall–Kier alpha value is -0.0800. The predicted molar refractivity (Wildman–Crippen MR) is 48.8 cm³/mol. The van der Waals surface area contributed by atoms with Gasteiger partial charge in [-0.3, -0.25) is 0 Å². The lowest BCUT2D eigenvalue weighted by atomic mass is 10.1. The van der Waals surface area contributed by atoms with Gasteiger partial charge >= 0.3 is 0 Å². The Labute approximate surface area is 70.3 Å². The van der Waals surface area contributed by atoms with E-state index in [0.717, 1.165) is 13.1 Å². The number of hydrogen-bond donors (Lipinski definition) is 1. The second kappa shape index (κ2) is 4.73. The van der Waals surface area contributed by atoms with Crippen molar-refractivity contribution < 1.29 is 4.74 Å². The Balaban J connectivity index is 3.38. The van der Waals surface area contributed by atoms with Gasteiger partial charge in [0.15, 0.2) is 0 Å². The minimum atomic E-state index is -0.0328. The van der Waals surface area contributed by atoms with E-state index in [1.54, 1.807) is 7.11 Å². The molecule has 2 nitrogen and oxygen atoms in total. The zero-order valence-corrected chi connectivity index (χ0v) is 8.40. The molecular formula is C9H21NO. The summed E-state index contributed by atoms with van der Waals surface area (Å²) in [4.78, 5) is 0. The maximum Gasteiger partial charge on any atom is 0.0746 e. The summed E-state index contributed by atoms with van der Waals surface area (Å²) < 4.78 is 5.26. The quantitative estimate of drug-likeness (QED) is 0.658. The molecule has 0 saturated carbocycles. The van der Waals surface area contributed by atoms with Crippen LogP contribution in [0.2, 0.25) is 0 Å². The van der Waals surface area contributed by atoms with Crippen LogP contribution in [0.25, 0.3) is 0 Å². The Morgan fingerprint density at radius 2 is 1.91 bits per heavy atom. The number of nitrogens with one attached hydrogen (secondary N) is 1. The van der Waals surface area contributed by atoms with E-state index in [2.05, 4.69) is 33.0 Å².